The number of aryl methyl sites for hydroxylation is 1. The van der Waals surface area contributed by atoms with Gasteiger partial charge in [-0.05, 0) is 49.2 Å². The predicted molar refractivity (Wildman–Crippen MR) is 122 cm³/mol. The molecule has 3 rings (SSSR count). The normalized spacial score (nSPS) is 14.9. The van der Waals surface area contributed by atoms with Gasteiger partial charge in [-0.2, -0.15) is 0 Å². The van der Waals surface area contributed by atoms with Crippen molar-refractivity contribution in [3.8, 4) is 11.5 Å². The van der Waals surface area contributed by atoms with E-state index in [1.54, 1.807) is 36.1 Å². The fourth-order valence-electron chi connectivity index (χ4n) is 2.88. The second-order valence-corrected chi connectivity index (χ2v) is 7.98. The molecule has 0 spiro atoms. The summed E-state index contributed by atoms with van der Waals surface area (Å²) < 4.78 is 16.2. The lowest BCUT2D eigenvalue weighted by Crippen LogP contribution is -2.28. The van der Waals surface area contributed by atoms with E-state index in [-0.39, 0.29) is 19.1 Å². The van der Waals surface area contributed by atoms with E-state index in [9.17, 15) is 9.59 Å². The highest BCUT2D eigenvalue weighted by atomic mass is 32.2. The summed E-state index contributed by atoms with van der Waals surface area (Å²) in [6.07, 6.45) is 1.74. The summed E-state index contributed by atoms with van der Waals surface area (Å²) in [6, 6.07) is 12.8. The van der Waals surface area contributed by atoms with Crippen LogP contribution in [0.25, 0.3) is 6.08 Å². The van der Waals surface area contributed by atoms with Crippen molar-refractivity contribution >= 4 is 51.9 Å². The van der Waals surface area contributed by atoms with Crippen molar-refractivity contribution in [2.24, 2.45) is 0 Å². The predicted octanol–water partition coefficient (Wildman–Crippen LogP) is 4.35. The Morgan fingerprint density at radius 3 is 2.67 bits per heavy atom. The molecule has 1 amide bonds. The minimum Gasteiger partial charge on any atom is -0.493 e. The summed E-state index contributed by atoms with van der Waals surface area (Å²) in [5.41, 5.74) is 2.46. The molecular formula is C22H21NO5S2. The lowest BCUT2D eigenvalue weighted by molar-refractivity contribution is -0.145. The van der Waals surface area contributed by atoms with E-state index in [0.717, 1.165) is 16.8 Å². The Kier molecular flexibility index (Phi) is 7.12. The van der Waals surface area contributed by atoms with Gasteiger partial charge in [-0.25, -0.2) is 4.79 Å². The number of benzene rings is 2. The second-order valence-electron chi connectivity index (χ2n) is 6.31. The zero-order valence-electron chi connectivity index (χ0n) is 16.8. The number of methoxy groups -OCH3 is 1. The van der Waals surface area contributed by atoms with Crippen LogP contribution >= 0.6 is 24.0 Å². The Bertz CT molecular complexity index is 1020. The van der Waals surface area contributed by atoms with Crippen LogP contribution in [0.15, 0.2) is 47.4 Å². The molecule has 0 aliphatic carbocycles. The summed E-state index contributed by atoms with van der Waals surface area (Å²) in [7, 11) is 1.51. The van der Waals surface area contributed by atoms with E-state index < -0.39 is 5.97 Å². The quantitative estimate of drug-likeness (QED) is 0.358. The first-order valence-corrected chi connectivity index (χ1v) is 10.5. The van der Waals surface area contributed by atoms with Crippen molar-refractivity contribution < 1.29 is 23.8 Å². The number of carbonyl (C=O) groups is 2. The van der Waals surface area contributed by atoms with Crippen LogP contribution in [-0.2, 0) is 14.3 Å². The number of anilines is 1. The highest BCUT2D eigenvalue weighted by Gasteiger charge is 2.34. The molecule has 0 bridgehead atoms. The molecule has 0 unspecified atom stereocenters. The number of para-hydroxylation sites is 1. The van der Waals surface area contributed by atoms with Gasteiger partial charge in [0.2, 0.25) is 0 Å². The molecule has 1 saturated heterocycles. The van der Waals surface area contributed by atoms with Crippen molar-refractivity contribution in [2.45, 2.75) is 13.8 Å². The van der Waals surface area contributed by atoms with Crippen molar-refractivity contribution in [2.75, 3.05) is 25.2 Å². The Labute approximate surface area is 184 Å². The molecule has 30 heavy (non-hydrogen) atoms. The minimum absolute atomic E-state index is 0.177. The van der Waals surface area contributed by atoms with Crippen LogP contribution in [0.2, 0.25) is 0 Å². The third kappa shape index (κ3) is 4.83. The summed E-state index contributed by atoms with van der Waals surface area (Å²) in [4.78, 5) is 26.6. The summed E-state index contributed by atoms with van der Waals surface area (Å²) >= 11 is 6.69. The lowest BCUT2D eigenvalue weighted by atomic mass is 10.1. The third-order valence-electron chi connectivity index (χ3n) is 4.29. The first-order chi connectivity index (χ1) is 14.4. The van der Waals surface area contributed by atoms with Crippen LogP contribution in [-0.4, -0.2) is 36.5 Å². The van der Waals surface area contributed by atoms with Gasteiger partial charge in [0.1, 0.15) is 0 Å². The number of thioether (sulfide) groups is 1. The SMILES string of the molecule is CCOC(=O)COc1cc(/C=C2\SC(=S)N(c3ccccc3C)C2=O)ccc1OC. The fraction of sp³-hybridized carbons (Fsp3) is 0.227. The summed E-state index contributed by atoms with van der Waals surface area (Å²) in [5.74, 6) is 0.214. The molecule has 1 aliphatic rings. The van der Waals surface area contributed by atoms with Crippen LogP contribution in [0.1, 0.15) is 18.1 Å². The molecule has 1 fully saturated rings. The Morgan fingerprint density at radius 1 is 1.20 bits per heavy atom. The number of nitrogens with zero attached hydrogens (tertiary/aromatic N) is 1. The standard InChI is InChI=1S/C22H21NO5S2/c1-4-27-20(24)13-28-18-11-15(9-10-17(18)26-3)12-19-21(25)23(22(29)30-19)16-8-6-5-7-14(16)2/h5-12H,4,13H2,1-3H3/b19-12-. The van der Waals surface area contributed by atoms with Crippen molar-refractivity contribution in [3.05, 3.63) is 58.5 Å². The number of amides is 1. The number of carbonyl (C=O) groups excluding carboxylic acids is 2. The zero-order valence-corrected chi connectivity index (χ0v) is 18.5. The van der Waals surface area contributed by atoms with Crippen LogP contribution in [0.4, 0.5) is 5.69 Å². The van der Waals surface area contributed by atoms with Gasteiger partial charge in [-0.3, -0.25) is 9.69 Å². The van der Waals surface area contributed by atoms with Gasteiger partial charge < -0.3 is 14.2 Å². The van der Waals surface area contributed by atoms with Crippen molar-refractivity contribution in [1.82, 2.24) is 0 Å². The van der Waals surface area contributed by atoms with Gasteiger partial charge in [0.15, 0.2) is 22.4 Å². The van der Waals surface area contributed by atoms with Gasteiger partial charge >= 0.3 is 5.97 Å². The third-order valence-corrected chi connectivity index (χ3v) is 5.59. The van der Waals surface area contributed by atoms with E-state index in [1.165, 1.54) is 18.9 Å². The molecule has 2 aromatic rings. The number of rotatable bonds is 7. The maximum Gasteiger partial charge on any atom is 0.344 e. The smallest absolute Gasteiger partial charge is 0.344 e. The van der Waals surface area contributed by atoms with E-state index in [0.29, 0.717) is 20.7 Å². The van der Waals surface area contributed by atoms with Crippen molar-refractivity contribution in [1.29, 1.82) is 0 Å². The van der Waals surface area contributed by atoms with Gasteiger partial charge in [0, 0.05) is 0 Å². The van der Waals surface area contributed by atoms with E-state index in [1.807, 2.05) is 31.2 Å². The molecule has 0 N–H and O–H groups in total. The molecule has 156 valence electrons. The van der Waals surface area contributed by atoms with Crippen LogP contribution in [0.5, 0.6) is 11.5 Å². The molecule has 1 aliphatic heterocycles. The molecule has 0 aromatic heterocycles. The molecule has 1 heterocycles. The highest BCUT2D eigenvalue weighted by molar-refractivity contribution is 8.27. The average molecular weight is 444 g/mol. The average Bonchev–Trinajstić information content (AvgIpc) is 3.00. The van der Waals surface area contributed by atoms with Gasteiger partial charge in [0.25, 0.3) is 5.91 Å². The Morgan fingerprint density at radius 2 is 1.97 bits per heavy atom. The number of ether oxygens (including phenoxy) is 3. The van der Waals surface area contributed by atoms with Crippen LogP contribution in [0, 0.1) is 6.92 Å². The second kappa shape index (κ2) is 9.77. The van der Waals surface area contributed by atoms with Gasteiger partial charge in [-0.1, -0.05) is 48.2 Å². The van der Waals surface area contributed by atoms with Crippen molar-refractivity contribution in [3.63, 3.8) is 0 Å². The van der Waals surface area contributed by atoms with Gasteiger partial charge in [0.05, 0.1) is 24.3 Å². The lowest BCUT2D eigenvalue weighted by Gasteiger charge is -2.16. The van der Waals surface area contributed by atoms with E-state index in [2.05, 4.69) is 0 Å². The van der Waals surface area contributed by atoms with Crippen LogP contribution < -0.4 is 14.4 Å². The first-order valence-electron chi connectivity index (χ1n) is 9.24. The molecular weight excluding hydrogens is 422 g/mol. The summed E-state index contributed by atoms with van der Waals surface area (Å²) in [5, 5.41) is 0. The monoisotopic (exact) mass is 443 g/mol. The Balaban J connectivity index is 1.85. The number of thiocarbonyl (C=S) groups is 1. The van der Waals surface area contributed by atoms with Gasteiger partial charge in [-0.15, -0.1) is 0 Å². The topological polar surface area (TPSA) is 65.1 Å². The van der Waals surface area contributed by atoms with E-state index in [4.69, 9.17) is 26.4 Å². The molecule has 0 atom stereocenters. The first kappa shape index (κ1) is 21.9. The maximum atomic E-state index is 13.0. The molecule has 8 heteroatoms. The van der Waals surface area contributed by atoms with E-state index >= 15 is 0 Å². The molecule has 2 aromatic carbocycles. The minimum atomic E-state index is -0.468. The zero-order chi connectivity index (χ0) is 21.7. The summed E-state index contributed by atoms with van der Waals surface area (Å²) in [6.45, 7) is 3.71. The maximum absolute atomic E-state index is 13.0. The fourth-order valence-corrected chi connectivity index (χ4v) is 4.16. The van der Waals surface area contributed by atoms with Crippen LogP contribution in [0.3, 0.4) is 0 Å². The molecule has 6 nitrogen and oxygen atoms in total. The molecule has 0 radical (unpaired) electrons. The number of hydrogen-bond donors (Lipinski definition) is 0. The Hall–Kier alpha value is -2.84. The highest BCUT2D eigenvalue weighted by Crippen LogP contribution is 2.38. The molecule has 0 saturated carbocycles. The number of esters is 1. The number of hydrogen-bond acceptors (Lipinski definition) is 7. The largest absolute Gasteiger partial charge is 0.493 e.